The first-order valence-corrected chi connectivity index (χ1v) is 8.30. The molecule has 0 aliphatic rings. The first kappa shape index (κ1) is 19.7. The smallest absolute Gasteiger partial charge is 0.311 e. The second kappa shape index (κ2) is 11.2. The number of ether oxygens (including phenoxy) is 1. The minimum Gasteiger partial charge on any atom is -0.466 e. The molecule has 0 fully saturated rings. The summed E-state index contributed by atoms with van der Waals surface area (Å²) in [7, 11) is 0. The van der Waals surface area contributed by atoms with Crippen molar-refractivity contribution in [1.82, 2.24) is 10.6 Å². The second-order valence-electron chi connectivity index (χ2n) is 5.40. The van der Waals surface area contributed by atoms with E-state index >= 15 is 0 Å². The van der Waals surface area contributed by atoms with Crippen LogP contribution in [0.3, 0.4) is 0 Å². The summed E-state index contributed by atoms with van der Waals surface area (Å²) in [5, 5.41) is 5.36. The van der Waals surface area contributed by atoms with E-state index in [2.05, 4.69) is 10.6 Å². The fourth-order valence-corrected chi connectivity index (χ4v) is 2.24. The summed E-state index contributed by atoms with van der Waals surface area (Å²) in [5.41, 5.74) is 1.01. The van der Waals surface area contributed by atoms with E-state index < -0.39 is 5.92 Å². The number of rotatable bonds is 10. The Morgan fingerprint density at radius 3 is 2.21 bits per heavy atom. The Balaban J connectivity index is 2.51. The topological polar surface area (TPSA) is 84.5 Å². The fourth-order valence-electron chi connectivity index (χ4n) is 2.24. The van der Waals surface area contributed by atoms with Crippen LogP contribution in [-0.2, 0) is 25.5 Å². The van der Waals surface area contributed by atoms with Gasteiger partial charge in [-0.15, -0.1) is 0 Å². The molecule has 0 unspecified atom stereocenters. The maximum Gasteiger partial charge on any atom is 0.311 e. The Kier molecular flexibility index (Phi) is 9.19. The zero-order valence-electron chi connectivity index (χ0n) is 14.3. The number of carbonyl (C=O) groups excluding carboxylic acids is 3. The normalized spacial score (nSPS) is 11.4. The van der Waals surface area contributed by atoms with Crippen LogP contribution in [0.2, 0.25) is 0 Å². The minimum atomic E-state index is -0.444. The van der Waals surface area contributed by atoms with Gasteiger partial charge in [-0.3, -0.25) is 14.4 Å². The average Bonchev–Trinajstić information content (AvgIpc) is 2.58. The van der Waals surface area contributed by atoms with E-state index in [1.165, 1.54) is 0 Å². The van der Waals surface area contributed by atoms with Gasteiger partial charge in [0.1, 0.15) is 0 Å². The molecule has 0 bridgehead atoms. The van der Waals surface area contributed by atoms with E-state index in [0.717, 1.165) is 5.56 Å². The summed E-state index contributed by atoms with van der Waals surface area (Å²) in [6.45, 7) is 4.62. The Labute approximate surface area is 143 Å². The van der Waals surface area contributed by atoms with Crippen LogP contribution in [-0.4, -0.2) is 37.5 Å². The second-order valence-corrected chi connectivity index (χ2v) is 5.40. The van der Waals surface area contributed by atoms with Crippen LogP contribution >= 0.6 is 0 Å². The molecule has 2 amide bonds. The van der Waals surface area contributed by atoms with Crippen LogP contribution in [0.15, 0.2) is 30.3 Å². The van der Waals surface area contributed by atoms with Gasteiger partial charge in [-0.25, -0.2) is 0 Å². The molecule has 1 aromatic rings. The summed E-state index contributed by atoms with van der Waals surface area (Å²) in [5.74, 6) is -1.17. The molecule has 0 aliphatic heterocycles. The predicted molar refractivity (Wildman–Crippen MR) is 91.2 cm³/mol. The van der Waals surface area contributed by atoms with Crippen molar-refractivity contribution >= 4 is 17.8 Å². The molecule has 0 radical (unpaired) electrons. The van der Waals surface area contributed by atoms with Gasteiger partial charge in [0, 0.05) is 25.9 Å². The molecule has 6 nitrogen and oxygen atoms in total. The third-order valence-corrected chi connectivity index (χ3v) is 3.44. The summed E-state index contributed by atoms with van der Waals surface area (Å²) in [6, 6.07) is 9.59. The summed E-state index contributed by atoms with van der Waals surface area (Å²) in [4.78, 5) is 35.3. The number of esters is 1. The molecule has 0 aromatic heterocycles. The molecule has 0 heterocycles. The lowest BCUT2D eigenvalue weighted by Gasteiger charge is -2.16. The molecule has 24 heavy (non-hydrogen) atoms. The zero-order chi connectivity index (χ0) is 17.8. The van der Waals surface area contributed by atoms with Gasteiger partial charge in [-0.2, -0.15) is 0 Å². The molecule has 0 spiro atoms. The highest BCUT2D eigenvalue weighted by molar-refractivity contribution is 5.84. The highest BCUT2D eigenvalue weighted by Gasteiger charge is 2.21. The van der Waals surface area contributed by atoms with Gasteiger partial charge < -0.3 is 15.4 Å². The van der Waals surface area contributed by atoms with E-state index in [0.29, 0.717) is 19.6 Å². The van der Waals surface area contributed by atoms with Gasteiger partial charge >= 0.3 is 5.97 Å². The van der Waals surface area contributed by atoms with Crippen molar-refractivity contribution in [2.75, 3.05) is 19.7 Å². The molecular formula is C18H26N2O4. The van der Waals surface area contributed by atoms with Crippen molar-refractivity contribution in [2.24, 2.45) is 5.92 Å². The molecule has 6 heteroatoms. The van der Waals surface area contributed by atoms with Gasteiger partial charge in [0.05, 0.1) is 12.5 Å². The van der Waals surface area contributed by atoms with Gasteiger partial charge in [0.2, 0.25) is 11.8 Å². The van der Waals surface area contributed by atoms with E-state index in [4.69, 9.17) is 4.74 Å². The van der Waals surface area contributed by atoms with E-state index in [1.54, 1.807) is 6.92 Å². The Bertz CT molecular complexity index is 531. The van der Waals surface area contributed by atoms with E-state index in [1.807, 2.05) is 37.3 Å². The van der Waals surface area contributed by atoms with Crippen LogP contribution in [0.1, 0.15) is 32.3 Å². The van der Waals surface area contributed by atoms with Gasteiger partial charge in [0.25, 0.3) is 0 Å². The maximum atomic E-state index is 12.1. The van der Waals surface area contributed by atoms with E-state index in [-0.39, 0.29) is 37.2 Å². The summed E-state index contributed by atoms with van der Waals surface area (Å²) >= 11 is 0. The first-order valence-electron chi connectivity index (χ1n) is 8.30. The standard InChI is InChI=1S/C18H26N2O4/c1-3-19-16(21)10-11-17(22)20-13-15(18(23)24-4-2)12-14-8-6-5-7-9-14/h5-9,15H,3-4,10-13H2,1-2H3,(H,19,21)(H,20,22)/t15-/m1/s1. The monoisotopic (exact) mass is 334 g/mol. The van der Waals surface area contributed by atoms with Crippen LogP contribution in [0.5, 0.6) is 0 Å². The van der Waals surface area contributed by atoms with Gasteiger partial charge in [-0.05, 0) is 25.8 Å². The van der Waals surface area contributed by atoms with E-state index in [9.17, 15) is 14.4 Å². The van der Waals surface area contributed by atoms with Crippen molar-refractivity contribution < 1.29 is 19.1 Å². The molecule has 0 saturated heterocycles. The number of hydrogen-bond acceptors (Lipinski definition) is 4. The first-order chi connectivity index (χ1) is 11.6. The highest BCUT2D eigenvalue weighted by atomic mass is 16.5. The van der Waals surface area contributed by atoms with Crippen LogP contribution in [0.4, 0.5) is 0 Å². The van der Waals surface area contributed by atoms with Crippen LogP contribution < -0.4 is 10.6 Å². The quantitative estimate of drug-likeness (QED) is 0.634. The molecular weight excluding hydrogens is 308 g/mol. The Morgan fingerprint density at radius 1 is 1.00 bits per heavy atom. The average molecular weight is 334 g/mol. The Hall–Kier alpha value is -2.37. The molecule has 0 saturated carbocycles. The van der Waals surface area contributed by atoms with Gasteiger partial charge in [0.15, 0.2) is 0 Å². The van der Waals surface area contributed by atoms with Gasteiger partial charge in [-0.1, -0.05) is 30.3 Å². The number of amides is 2. The van der Waals surface area contributed by atoms with Crippen molar-refractivity contribution in [3.8, 4) is 0 Å². The number of carbonyl (C=O) groups is 3. The predicted octanol–water partition coefficient (Wildman–Crippen LogP) is 1.44. The van der Waals surface area contributed by atoms with Crippen LogP contribution in [0, 0.1) is 5.92 Å². The summed E-state index contributed by atoms with van der Waals surface area (Å²) < 4.78 is 5.08. The zero-order valence-corrected chi connectivity index (χ0v) is 14.3. The van der Waals surface area contributed by atoms with Crippen LogP contribution in [0.25, 0.3) is 0 Å². The highest BCUT2D eigenvalue weighted by Crippen LogP contribution is 2.10. The maximum absolute atomic E-state index is 12.1. The third-order valence-electron chi connectivity index (χ3n) is 3.44. The van der Waals surface area contributed by atoms with Crippen molar-refractivity contribution in [3.63, 3.8) is 0 Å². The lowest BCUT2D eigenvalue weighted by Crippen LogP contribution is -2.35. The SMILES string of the molecule is CCNC(=O)CCC(=O)NC[C@@H](Cc1ccccc1)C(=O)OCC. The summed E-state index contributed by atoms with van der Waals surface area (Å²) in [6.07, 6.45) is 0.741. The minimum absolute atomic E-state index is 0.104. The lowest BCUT2D eigenvalue weighted by molar-refractivity contribution is -0.148. The van der Waals surface area contributed by atoms with Crippen molar-refractivity contribution in [2.45, 2.75) is 33.1 Å². The Morgan fingerprint density at radius 2 is 1.62 bits per heavy atom. The number of nitrogens with one attached hydrogen (secondary N) is 2. The lowest BCUT2D eigenvalue weighted by atomic mass is 9.99. The molecule has 1 aromatic carbocycles. The molecule has 1 atom stereocenters. The number of hydrogen-bond donors (Lipinski definition) is 2. The molecule has 0 aliphatic carbocycles. The molecule has 132 valence electrons. The fraction of sp³-hybridized carbons (Fsp3) is 0.500. The number of benzene rings is 1. The van der Waals surface area contributed by atoms with Crippen molar-refractivity contribution in [1.29, 1.82) is 0 Å². The molecule has 1 rings (SSSR count). The third kappa shape index (κ3) is 7.76. The molecule has 2 N–H and O–H groups in total. The van der Waals surface area contributed by atoms with Crippen molar-refractivity contribution in [3.05, 3.63) is 35.9 Å². The largest absolute Gasteiger partial charge is 0.466 e.